The summed E-state index contributed by atoms with van der Waals surface area (Å²) in [5.41, 5.74) is -0.903. The molecule has 2 aliphatic rings. The molecule has 3 rings (SSSR count). The van der Waals surface area contributed by atoms with E-state index in [1.807, 2.05) is 0 Å². The zero-order chi connectivity index (χ0) is 11.0. The van der Waals surface area contributed by atoms with Crippen LogP contribution in [0.25, 0.3) is 0 Å². The van der Waals surface area contributed by atoms with Crippen molar-refractivity contribution in [3.63, 3.8) is 0 Å². The first-order valence-electron chi connectivity index (χ1n) is 6.05. The van der Waals surface area contributed by atoms with Gasteiger partial charge < -0.3 is 14.9 Å². The van der Waals surface area contributed by atoms with Crippen molar-refractivity contribution in [3.05, 3.63) is 11.7 Å². The summed E-state index contributed by atoms with van der Waals surface area (Å²) in [4.78, 5) is 4.37. The van der Waals surface area contributed by atoms with Gasteiger partial charge in [-0.2, -0.15) is 4.98 Å². The van der Waals surface area contributed by atoms with E-state index in [9.17, 15) is 5.11 Å². The van der Waals surface area contributed by atoms with Crippen LogP contribution in [-0.2, 0) is 5.60 Å². The lowest BCUT2D eigenvalue weighted by atomic mass is 9.85. The first-order chi connectivity index (χ1) is 7.78. The highest BCUT2D eigenvalue weighted by atomic mass is 16.5. The maximum Gasteiger partial charge on any atom is 0.258 e. The van der Waals surface area contributed by atoms with Crippen molar-refractivity contribution >= 4 is 0 Å². The smallest absolute Gasteiger partial charge is 0.258 e. The lowest BCUT2D eigenvalue weighted by molar-refractivity contribution is -0.0228. The molecule has 2 N–H and O–H groups in total. The van der Waals surface area contributed by atoms with Gasteiger partial charge in [-0.05, 0) is 38.8 Å². The number of nitrogens with one attached hydrogen (secondary N) is 1. The molecule has 0 unspecified atom stereocenters. The van der Waals surface area contributed by atoms with Gasteiger partial charge in [-0.25, -0.2) is 0 Å². The summed E-state index contributed by atoms with van der Waals surface area (Å²) in [6.07, 6.45) is 4.86. The Morgan fingerprint density at radius 2 is 2.06 bits per heavy atom. The largest absolute Gasteiger partial charge is 0.380 e. The zero-order valence-corrected chi connectivity index (χ0v) is 9.28. The molecule has 0 spiro atoms. The van der Waals surface area contributed by atoms with Crippen LogP contribution in [-0.4, -0.2) is 28.3 Å². The molecule has 5 heteroatoms. The molecule has 2 fully saturated rings. The van der Waals surface area contributed by atoms with Gasteiger partial charge in [-0.3, -0.25) is 0 Å². The third-order valence-electron chi connectivity index (χ3n) is 3.74. The molecule has 1 aliphatic heterocycles. The maximum atomic E-state index is 10.4. The van der Waals surface area contributed by atoms with Crippen molar-refractivity contribution in [2.45, 2.75) is 43.6 Å². The SMILES string of the molecule is OC1(c2nc(C3CCC3)no2)CCNCC1. The molecule has 1 saturated heterocycles. The van der Waals surface area contributed by atoms with E-state index in [-0.39, 0.29) is 0 Å². The van der Waals surface area contributed by atoms with Gasteiger partial charge >= 0.3 is 0 Å². The number of aliphatic hydroxyl groups is 1. The van der Waals surface area contributed by atoms with Crippen LogP contribution in [0.2, 0.25) is 0 Å². The second-order valence-electron chi connectivity index (χ2n) is 4.87. The Balaban J connectivity index is 1.79. The molecule has 0 bridgehead atoms. The maximum absolute atomic E-state index is 10.4. The Labute approximate surface area is 94.2 Å². The monoisotopic (exact) mass is 223 g/mol. The molecule has 1 aromatic heterocycles. The minimum Gasteiger partial charge on any atom is -0.380 e. The minimum absolute atomic E-state index is 0.413. The minimum atomic E-state index is -0.903. The van der Waals surface area contributed by atoms with Crippen LogP contribution in [0.1, 0.15) is 49.7 Å². The van der Waals surface area contributed by atoms with Gasteiger partial charge in [-0.15, -0.1) is 0 Å². The fourth-order valence-corrected chi connectivity index (χ4v) is 2.31. The second kappa shape index (κ2) is 3.82. The first-order valence-corrected chi connectivity index (χ1v) is 6.05. The molecule has 1 aliphatic carbocycles. The highest BCUT2D eigenvalue weighted by Gasteiger charge is 2.38. The van der Waals surface area contributed by atoms with Gasteiger partial charge in [-0.1, -0.05) is 11.6 Å². The third-order valence-corrected chi connectivity index (χ3v) is 3.74. The molecule has 0 atom stereocenters. The van der Waals surface area contributed by atoms with Gasteiger partial charge in [0, 0.05) is 5.92 Å². The highest BCUT2D eigenvalue weighted by molar-refractivity contribution is 5.05. The Morgan fingerprint density at radius 3 is 2.69 bits per heavy atom. The number of piperidine rings is 1. The lowest BCUT2D eigenvalue weighted by Crippen LogP contribution is -2.40. The molecule has 0 aromatic carbocycles. The first kappa shape index (κ1) is 10.2. The van der Waals surface area contributed by atoms with Crippen LogP contribution >= 0.6 is 0 Å². The topological polar surface area (TPSA) is 71.2 Å². The fraction of sp³-hybridized carbons (Fsp3) is 0.818. The van der Waals surface area contributed by atoms with E-state index in [4.69, 9.17) is 4.52 Å². The lowest BCUT2D eigenvalue weighted by Gasteiger charge is -2.28. The molecule has 1 aromatic rings. The molecule has 0 amide bonds. The quantitative estimate of drug-likeness (QED) is 0.779. The van der Waals surface area contributed by atoms with Gasteiger partial charge in [0.1, 0.15) is 5.60 Å². The van der Waals surface area contributed by atoms with E-state index in [1.165, 1.54) is 6.42 Å². The summed E-state index contributed by atoms with van der Waals surface area (Å²) < 4.78 is 5.23. The van der Waals surface area contributed by atoms with E-state index < -0.39 is 5.60 Å². The molecular weight excluding hydrogens is 206 g/mol. The van der Waals surface area contributed by atoms with Crippen molar-refractivity contribution in [2.75, 3.05) is 13.1 Å². The van der Waals surface area contributed by atoms with Crippen molar-refractivity contribution < 1.29 is 9.63 Å². The van der Waals surface area contributed by atoms with E-state index in [0.717, 1.165) is 31.8 Å². The number of rotatable bonds is 2. The summed E-state index contributed by atoms with van der Waals surface area (Å²) in [6, 6.07) is 0. The average Bonchev–Trinajstić information content (AvgIpc) is 2.66. The van der Waals surface area contributed by atoms with E-state index in [2.05, 4.69) is 15.5 Å². The Hall–Kier alpha value is -0.940. The van der Waals surface area contributed by atoms with Crippen molar-refractivity contribution in [2.24, 2.45) is 0 Å². The molecular formula is C11H17N3O2. The number of hydrogen-bond donors (Lipinski definition) is 2. The van der Waals surface area contributed by atoms with Crippen LogP contribution < -0.4 is 5.32 Å². The molecule has 16 heavy (non-hydrogen) atoms. The summed E-state index contributed by atoms with van der Waals surface area (Å²) >= 11 is 0. The molecule has 1 saturated carbocycles. The van der Waals surface area contributed by atoms with Crippen molar-refractivity contribution in [3.8, 4) is 0 Å². The second-order valence-corrected chi connectivity index (χ2v) is 4.87. The van der Waals surface area contributed by atoms with Crippen LogP contribution in [0.15, 0.2) is 4.52 Å². The van der Waals surface area contributed by atoms with Crippen LogP contribution in [0.5, 0.6) is 0 Å². The normalized spacial score (nSPS) is 25.3. The Morgan fingerprint density at radius 1 is 1.31 bits per heavy atom. The van der Waals surface area contributed by atoms with E-state index in [0.29, 0.717) is 24.7 Å². The third kappa shape index (κ3) is 1.64. The highest BCUT2D eigenvalue weighted by Crippen LogP contribution is 2.36. The van der Waals surface area contributed by atoms with Gasteiger partial charge in [0.2, 0.25) is 0 Å². The van der Waals surface area contributed by atoms with E-state index >= 15 is 0 Å². The van der Waals surface area contributed by atoms with Gasteiger partial charge in [0.15, 0.2) is 5.82 Å². The Kier molecular flexibility index (Phi) is 2.44. The number of hydrogen-bond acceptors (Lipinski definition) is 5. The summed E-state index contributed by atoms with van der Waals surface area (Å²) in [7, 11) is 0. The fourth-order valence-electron chi connectivity index (χ4n) is 2.31. The van der Waals surface area contributed by atoms with Crippen LogP contribution in [0.3, 0.4) is 0 Å². The molecule has 0 radical (unpaired) electrons. The molecule has 5 nitrogen and oxygen atoms in total. The predicted molar refractivity (Wildman–Crippen MR) is 56.9 cm³/mol. The summed E-state index contributed by atoms with van der Waals surface area (Å²) in [5, 5.41) is 17.6. The van der Waals surface area contributed by atoms with Crippen molar-refractivity contribution in [1.82, 2.24) is 15.5 Å². The van der Waals surface area contributed by atoms with E-state index in [1.54, 1.807) is 0 Å². The Bertz CT molecular complexity index is 367. The number of nitrogens with zero attached hydrogens (tertiary/aromatic N) is 2. The van der Waals surface area contributed by atoms with Crippen molar-refractivity contribution in [1.29, 1.82) is 0 Å². The van der Waals surface area contributed by atoms with Crippen LogP contribution in [0, 0.1) is 0 Å². The standard InChI is InChI=1S/C11H17N3O2/c15-11(4-6-12-7-5-11)10-13-9(14-16-10)8-2-1-3-8/h8,12,15H,1-7H2. The average molecular weight is 223 g/mol. The molecule has 88 valence electrons. The van der Waals surface area contributed by atoms with Gasteiger partial charge in [0.25, 0.3) is 5.89 Å². The van der Waals surface area contributed by atoms with Gasteiger partial charge in [0.05, 0.1) is 0 Å². The molecule has 2 heterocycles. The summed E-state index contributed by atoms with van der Waals surface area (Å²) in [5.74, 6) is 1.66. The number of aromatic nitrogens is 2. The van der Waals surface area contributed by atoms with Crippen LogP contribution in [0.4, 0.5) is 0 Å². The zero-order valence-electron chi connectivity index (χ0n) is 9.28. The summed E-state index contributed by atoms with van der Waals surface area (Å²) in [6.45, 7) is 1.61. The predicted octanol–water partition coefficient (Wildman–Crippen LogP) is 0.908.